The zero-order valence-corrected chi connectivity index (χ0v) is 9.98. The van der Waals surface area contributed by atoms with Crippen molar-refractivity contribution in [2.75, 3.05) is 18.1 Å². The molecule has 15 heavy (non-hydrogen) atoms. The van der Waals surface area contributed by atoms with Crippen LogP contribution in [0.2, 0.25) is 0 Å². The third-order valence-corrected chi connectivity index (χ3v) is 4.32. The second kappa shape index (κ2) is 4.58. The Balaban J connectivity index is 2.12. The van der Waals surface area contributed by atoms with E-state index in [1.54, 1.807) is 0 Å². The lowest BCUT2D eigenvalue weighted by atomic mass is 9.87. The molecule has 1 aliphatic rings. The van der Waals surface area contributed by atoms with E-state index in [0.717, 1.165) is 23.8 Å². The summed E-state index contributed by atoms with van der Waals surface area (Å²) in [5, 5.41) is 0. The van der Waals surface area contributed by atoms with E-state index in [1.165, 1.54) is 18.6 Å². The van der Waals surface area contributed by atoms with Crippen molar-refractivity contribution < 1.29 is 4.42 Å². The molecule has 4 heteroatoms. The van der Waals surface area contributed by atoms with E-state index in [2.05, 4.69) is 11.9 Å². The Kier molecular flexibility index (Phi) is 3.36. The summed E-state index contributed by atoms with van der Waals surface area (Å²) in [5.74, 6) is 4.21. The Labute approximate surface area is 94.8 Å². The number of hydrogen-bond acceptors (Lipinski definition) is 4. The maximum absolute atomic E-state index is 5.76. The van der Waals surface area contributed by atoms with Crippen LogP contribution in [0.5, 0.6) is 0 Å². The average Bonchev–Trinajstić information content (AvgIpc) is 2.69. The third-order valence-electron chi connectivity index (χ3n) is 2.90. The van der Waals surface area contributed by atoms with Gasteiger partial charge >= 0.3 is 0 Å². The zero-order chi connectivity index (χ0) is 10.7. The standard InChI is InChI=1S/C11H18N2OS/c1-11(4-2-6-15-8-11)10-13-7-9(14-10)3-5-12/h7H,2-6,8,12H2,1H3. The van der Waals surface area contributed by atoms with Crippen molar-refractivity contribution in [3.05, 3.63) is 17.8 Å². The smallest absolute Gasteiger partial charge is 0.201 e. The summed E-state index contributed by atoms with van der Waals surface area (Å²) in [6.45, 7) is 2.87. The number of aromatic nitrogens is 1. The molecule has 1 aromatic heterocycles. The highest BCUT2D eigenvalue weighted by atomic mass is 32.2. The van der Waals surface area contributed by atoms with E-state index in [4.69, 9.17) is 10.2 Å². The van der Waals surface area contributed by atoms with Crippen molar-refractivity contribution >= 4 is 11.8 Å². The molecule has 2 heterocycles. The van der Waals surface area contributed by atoms with Crippen LogP contribution < -0.4 is 5.73 Å². The Morgan fingerprint density at radius 2 is 2.53 bits per heavy atom. The number of thioether (sulfide) groups is 1. The zero-order valence-electron chi connectivity index (χ0n) is 9.16. The number of nitrogens with zero attached hydrogens (tertiary/aromatic N) is 1. The summed E-state index contributed by atoms with van der Waals surface area (Å²) < 4.78 is 5.76. The highest BCUT2D eigenvalue weighted by Gasteiger charge is 2.33. The van der Waals surface area contributed by atoms with Crippen molar-refractivity contribution in [1.82, 2.24) is 4.98 Å². The summed E-state index contributed by atoms with van der Waals surface area (Å²) >= 11 is 1.99. The topological polar surface area (TPSA) is 52.0 Å². The number of nitrogens with two attached hydrogens (primary N) is 1. The van der Waals surface area contributed by atoms with Gasteiger partial charge in [-0.2, -0.15) is 11.8 Å². The van der Waals surface area contributed by atoms with Crippen LogP contribution in [0.4, 0.5) is 0 Å². The molecule has 0 aliphatic carbocycles. The van der Waals surface area contributed by atoms with Gasteiger partial charge in [0.2, 0.25) is 5.89 Å². The Hall–Kier alpha value is -0.480. The molecule has 0 radical (unpaired) electrons. The average molecular weight is 226 g/mol. The lowest BCUT2D eigenvalue weighted by Crippen LogP contribution is -2.29. The quantitative estimate of drug-likeness (QED) is 0.856. The summed E-state index contributed by atoms with van der Waals surface area (Å²) in [5.41, 5.74) is 5.62. The number of hydrogen-bond donors (Lipinski definition) is 1. The molecular weight excluding hydrogens is 208 g/mol. The predicted molar refractivity (Wildman–Crippen MR) is 63.2 cm³/mol. The predicted octanol–water partition coefficient (Wildman–Crippen LogP) is 1.96. The van der Waals surface area contributed by atoms with E-state index in [9.17, 15) is 0 Å². The molecule has 1 aromatic rings. The van der Waals surface area contributed by atoms with Crippen LogP contribution >= 0.6 is 11.8 Å². The van der Waals surface area contributed by atoms with Crippen molar-refractivity contribution in [3.8, 4) is 0 Å². The van der Waals surface area contributed by atoms with E-state index in [1.807, 2.05) is 18.0 Å². The first-order valence-corrected chi connectivity index (χ1v) is 6.63. The summed E-state index contributed by atoms with van der Waals surface area (Å²) in [6, 6.07) is 0. The van der Waals surface area contributed by atoms with Gasteiger partial charge < -0.3 is 10.2 Å². The van der Waals surface area contributed by atoms with Gasteiger partial charge in [-0.3, -0.25) is 0 Å². The maximum atomic E-state index is 5.76. The van der Waals surface area contributed by atoms with Gasteiger partial charge in [-0.05, 0) is 25.1 Å². The number of oxazole rings is 1. The van der Waals surface area contributed by atoms with Crippen molar-refractivity contribution in [2.45, 2.75) is 31.6 Å². The van der Waals surface area contributed by atoms with Gasteiger partial charge in [0, 0.05) is 12.2 Å². The molecule has 0 amide bonds. The molecule has 2 rings (SSSR count). The van der Waals surface area contributed by atoms with Crippen molar-refractivity contribution in [2.24, 2.45) is 5.73 Å². The minimum Gasteiger partial charge on any atom is -0.445 e. The second-order valence-electron chi connectivity index (χ2n) is 4.39. The molecule has 0 saturated carbocycles. The van der Waals surface area contributed by atoms with Gasteiger partial charge in [0.1, 0.15) is 5.76 Å². The second-order valence-corrected chi connectivity index (χ2v) is 5.49. The number of rotatable bonds is 3. The monoisotopic (exact) mass is 226 g/mol. The van der Waals surface area contributed by atoms with E-state index < -0.39 is 0 Å². The highest BCUT2D eigenvalue weighted by molar-refractivity contribution is 7.99. The van der Waals surface area contributed by atoms with Gasteiger partial charge in [-0.15, -0.1) is 0 Å². The summed E-state index contributed by atoms with van der Waals surface area (Å²) in [7, 11) is 0. The van der Waals surface area contributed by atoms with E-state index in [0.29, 0.717) is 6.54 Å². The fourth-order valence-corrected chi connectivity index (χ4v) is 3.16. The first-order valence-electron chi connectivity index (χ1n) is 5.47. The Morgan fingerprint density at radius 1 is 1.67 bits per heavy atom. The molecule has 0 bridgehead atoms. The lowest BCUT2D eigenvalue weighted by molar-refractivity contribution is 0.335. The molecule has 1 atom stereocenters. The highest BCUT2D eigenvalue weighted by Crippen LogP contribution is 2.36. The molecule has 1 unspecified atom stereocenters. The molecule has 0 aromatic carbocycles. The first-order chi connectivity index (χ1) is 7.24. The van der Waals surface area contributed by atoms with Crippen LogP contribution in [0, 0.1) is 0 Å². The Bertz CT molecular complexity index is 318. The van der Waals surface area contributed by atoms with Crippen LogP contribution in [0.15, 0.2) is 10.6 Å². The normalized spacial score (nSPS) is 26.8. The van der Waals surface area contributed by atoms with Crippen molar-refractivity contribution in [1.29, 1.82) is 0 Å². The molecule has 84 valence electrons. The van der Waals surface area contributed by atoms with Crippen LogP contribution in [0.25, 0.3) is 0 Å². The van der Waals surface area contributed by atoms with Gasteiger partial charge in [-0.25, -0.2) is 4.98 Å². The summed E-state index contributed by atoms with van der Waals surface area (Å²) in [4.78, 5) is 4.39. The lowest BCUT2D eigenvalue weighted by Gasteiger charge is -2.29. The molecular formula is C11H18N2OS. The molecule has 3 nitrogen and oxygen atoms in total. The molecule has 1 fully saturated rings. The minimum atomic E-state index is 0.135. The van der Waals surface area contributed by atoms with E-state index >= 15 is 0 Å². The van der Waals surface area contributed by atoms with Crippen LogP contribution in [0.3, 0.4) is 0 Å². The largest absolute Gasteiger partial charge is 0.445 e. The van der Waals surface area contributed by atoms with Crippen molar-refractivity contribution in [3.63, 3.8) is 0 Å². The molecule has 2 N–H and O–H groups in total. The Morgan fingerprint density at radius 3 is 3.20 bits per heavy atom. The van der Waals surface area contributed by atoms with Gasteiger partial charge in [0.15, 0.2) is 0 Å². The molecule has 0 spiro atoms. The summed E-state index contributed by atoms with van der Waals surface area (Å²) in [6.07, 6.45) is 5.06. The molecule has 1 aliphatic heterocycles. The molecule has 1 saturated heterocycles. The van der Waals surface area contributed by atoms with Crippen LogP contribution in [-0.2, 0) is 11.8 Å². The third kappa shape index (κ3) is 2.37. The van der Waals surface area contributed by atoms with Crippen LogP contribution in [0.1, 0.15) is 31.4 Å². The van der Waals surface area contributed by atoms with Gasteiger partial charge in [0.25, 0.3) is 0 Å². The minimum absolute atomic E-state index is 0.135. The van der Waals surface area contributed by atoms with Gasteiger partial charge in [-0.1, -0.05) is 6.92 Å². The van der Waals surface area contributed by atoms with Gasteiger partial charge in [0.05, 0.1) is 11.6 Å². The fourth-order valence-electron chi connectivity index (χ4n) is 1.95. The fraction of sp³-hybridized carbons (Fsp3) is 0.727. The van der Waals surface area contributed by atoms with E-state index in [-0.39, 0.29) is 5.41 Å². The SMILES string of the molecule is CC1(c2ncc(CCN)o2)CCCSC1. The van der Waals surface area contributed by atoms with Crippen LogP contribution in [-0.4, -0.2) is 23.0 Å². The first kappa shape index (κ1) is 11.0. The maximum Gasteiger partial charge on any atom is 0.201 e.